The molecule has 2 rings (SSSR count). The third-order valence-electron chi connectivity index (χ3n) is 2.92. The number of thioether (sulfide) groups is 1. The van der Waals surface area contributed by atoms with Crippen molar-refractivity contribution in [2.75, 3.05) is 0 Å². The number of hydrogen-bond acceptors (Lipinski definition) is 1. The zero-order valence-electron chi connectivity index (χ0n) is 10.6. The van der Waals surface area contributed by atoms with Crippen molar-refractivity contribution in [1.82, 2.24) is 0 Å². The fourth-order valence-electron chi connectivity index (χ4n) is 1.99. The summed E-state index contributed by atoms with van der Waals surface area (Å²) in [5.41, 5.74) is 1.75. The van der Waals surface area contributed by atoms with Crippen molar-refractivity contribution >= 4 is 11.8 Å². The lowest BCUT2D eigenvalue weighted by atomic mass is 9.90. The Hall–Kier alpha value is -0.690. The molecule has 1 heteroatoms. The van der Waals surface area contributed by atoms with Crippen LogP contribution in [0.4, 0.5) is 0 Å². The Kier molecular flexibility index (Phi) is 2.91. The van der Waals surface area contributed by atoms with Gasteiger partial charge in [0.15, 0.2) is 0 Å². The molecule has 0 fully saturated rings. The number of hydrogen-bond donors (Lipinski definition) is 0. The van der Waals surface area contributed by atoms with Gasteiger partial charge in [-0.3, -0.25) is 0 Å². The molecule has 1 aromatic carbocycles. The minimum absolute atomic E-state index is 0.309. The predicted molar refractivity (Wildman–Crippen MR) is 73.7 cm³/mol. The molecule has 0 saturated heterocycles. The Labute approximate surface area is 103 Å². The summed E-state index contributed by atoms with van der Waals surface area (Å²) in [5, 5.41) is 0. The van der Waals surface area contributed by atoms with E-state index in [1.807, 2.05) is 11.8 Å². The summed E-state index contributed by atoms with van der Waals surface area (Å²) in [5.74, 6) is 0. The maximum absolute atomic E-state index is 2.45. The van der Waals surface area contributed by atoms with Gasteiger partial charge in [0.05, 0.1) is 0 Å². The lowest BCUT2D eigenvalue weighted by Gasteiger charge is -2.41. The van der Waals surface area contributed by atoms with Crippen molar-refractivity contribution in [1.29, 1.82) is 0 Å². The van der Waals surface area contributed by atoms with Gasteiger partial charge in [0.2, 0.25) is 0 Å². The molecule has 1 aliphatic rings. The van der Waals surface area contributed by atoms with Crippen LogP contribution in [-0.4, -0.2) is 4.75 Å². The molecule has 0 saturated carbocycles. The standard InChI is InChI=1S/C15H20S/c1-14(2,3)13-11-15(4,16-13)10-12-8-6-5-7-9-12/h5-9,11H,10H2,1-4H3. The second-order valence-electron chi connectivity index (χ2n) is 5.84. The van der Waals surface area contributed by atoms with Crippen LogP contribution < -0.4 is 0 Å². The topological polar surface area (TPSA) is 0 Å². The maximum atomic E-state index is 2.45. The van der Waals surface area contributed by atoms with Gasteiger partial charge in [-0.15, -0.1) is 11.8 Å². The van der Waals surface area contributed by atoms with Gasteiger partial charge < -0.3 is 0 Å². The number of rotatable bonds is 2. The molecule has 0 bridgehead atoms. The summed E-state index contributed by atoms with van der Waals surface area (Å²) in [7, 11) is 0. The van der Waals surface area contributed by atoms with Crippen molar-refractivity contribution in [2.45, 2.75) is 38.9 Å². The predicted octanol–water partition coefficient (Wildman–Crippen LogP) is 4.66. The second kappa shape index (κ2) is 3.96. The molecule has 1 unspecified atom stereocenters. The van der Waals surface area contributed by atoms with Crippen LogP contribution in [0.25, 0.3) is 0 Å². The largest absolute Gasteiger partial charge is 0.119 e. The van der Waals surface area contributed by atoms with E-state index in [1.54, 1.807) is 0 Å². The summed E-state index contributed by atoms with van der Waals surface area (Å²) >= 11 is 2.04. The normalized spacial score (nSPS) is 24.9. The van der Waals surface area contributed by atoms with E-state index in [4.69, 9.17) is 0 Å². The van der Waals surface area contributed by atoms with Crippen LogP contribution >= 0.6 is 11.8 Å². The van der Waals surface area contributed by atoms with Crippen LogP contribution in [0, 0.1) is 5.41 Å². The molecular formula is C15H20S. The molecule has 0 aromatic heterocycles. The van der Waals surface area contributed by atoms with E-state index in [2.05, 4.69) is 64.1 Å². The summed E-state index contributed by atoms with van der Waals surface area (Å²) in [6.07, 6.45) is 3.59. The molecule has 0 nitrogen and oxygen atoms in total. The van der Waals surface area contributed by atoms with E-state index in [-0.39, 0.29) is 0 Å². The Morgan fingerprint density at radius 1 is 1.12 bits per heavy atom. The quantitative estimate of drug-likeness (QED) is 0.714. The van der Waals surface area contributed by atoms with Crippen LogP contribution in [0.5, 0.6) is 0 Å². The minimum atomic E-state index is 0.309. The monoisotopic (exact) mass is 232 g/mol. The van der Waals surface area contributed by atoms with Crippen molar-refractivity contribution in [3.63, 3.8) is 0 Å². The first-order valence-corrected chi connectivity index (χ1v) is 6.67. The Balaban J connectivity index is 2.07. The van der Waals surface area contributed by atoms with E-state index >= 15 is 0 Å². The molecule has 1 heterocycles. The molecule has 0 amide bonds. The van der Waals surface area contributed by atoms with Crippen LogP contribution in [-0.2, 0) is 6.42 Å². The summed E-state index contributed by atoms with van der Waals surface area (Å²) in [6, 6.07) is 10.8. The Morgan fingerprint density at radius 3 is 2.19 bits per heavy atom. The first-order valence-electron chi connectivity index (χ1n) is 5.85. The lowest BCUT2D eigenvalue weighted by molar-refractivity contribution is 0.517. The average molecular weight is 232 g/mol. The number of allylic oxidation sites excluding steroid dienone is 1. The first-order chi connectivity index (χ1) is 7.39. The van der Waals surface area contributed by atoms with Crippen molar-refractivity contribution in [2.24, 2.45) is 5.41 Å². The third-order valence-corrected chi connectivity index (χ3v) is 4.60. The molecular weight excluding hydrogens is 212 g/mol. The Morgan fingerprint density at radius 2 is 1.69 bits per heavy atom. The first kappa shape index (κ1) is 11.8. The number of benzene rings is 1. The highest BCUT2D eigenvalue weighted by Crippen LogP contribution is 2.53. The van der Waals surface area contributed by atoms with E-state index in [1.165, 1.54) is 10.5 Å². The minimum Gasteiger partial charge on any atom is -0.119 e. The molecule has 0 radical (unpaired) electrons. The summed E-state index contributed by atoms with van der Waals surface area (Å²) < 4.78 is 0.309. The fraction of sp³-hybridized carbons (Fsp3) is 0.467. The average Bonchev–Trinajstić information content (AvgIpc) is 2.14. The molecule has 0 aliphatic carbocycles. The van der Waals surface area contributed by atoms with Gasteiger partial charge >= 0.3 is 0 Å². The Bertz CT molecular complexity index is 397. The van der Waals surface area contributed by atoms with Crippen LogP contribution in [0.3, 0.4) is 0 Å². The van der Waals surface area contributed by atoms with Gasteiger partial charge in [0, 0.05) is 4.75 Å². The molecule has 1 aromatic rings. The van der Waals surface area contributed by atoms with E-state index < -0.39 is 0 Å². The van der Waals surface area contributed by atoms with Gasteiger partial charge in [-0.2, -0.15) is 0 Å². The summed E-state index contributed by atoms with van der Waals surface area (Å²) in [6.45, 7) is 9.19. The van der Waals surface area contributed by atoms with Crippen LogP contribution in [0.1, 0.15) is 33.3 Å². The molecule has 1 atom stereocenters. The fourth-order valence-corrected chi connectivity index (χ4v) is 3.34. The van der Waals surface area contributed by atoms with Gasteiger partial charge in [0.1, 0.15) is 0 Å². The van der Waals surface area contributed by atoms with Crippen molar-refractivity contribution < 1.29 is 0 Å². The van der Waals surface area contributed by atoms with Crippen molar-refractivity contribution in [3.05, 3.63) is 46.9 Å². The highest BCUT2D eigenvalue weighted by atomic mass is 32.2. The zero-order chi connectivity index (χ0) is 11.8. The van der Waals surface area contributed by atoms with E-state index in [0.29, 0.717) is 10.2 Å². The van der Waals surface area contributed by atoms with Crippen LogP contribution in [0.2, 0.25) is 0 Å². The maximum Gasteiger partial charge on any atom is 0.0405 e. The second-order valence-corrected chi connectivity index (χ2v) is 7.41. The van der Waals surface area contributed by atoms with Crippen LogP contribution in [0.15, 0.2) is 41.3 Å². The summed E-state index contributed by atoms with van der Waals surface area (Å²) in [4.78, 5) is 1.53. The third kappa shape index (κ3) is 2.52. The smallest absolute Gasteiger partial charge is 0.0405 e. The zero-order valence-corrected chi connectivity index (χ0v) is 11.4. The van der Waals surface area contributed by atoms with E-state index in [0.717, 1.165) is 6.42 Å². The highest BCUT2D eigenvalue weighted by molar-refractivity contribution is 8.06. The highest BCUT2D eigenvalue weighted by Gasteiger charge is 2.37. The van der Waals surface area contributed by atoms with Gasteiger partial charge in [-0.05, 0) is 29.2 Å². The molecule has 16 heavy (non-hydrogen) atoms. The van der Waals surface area contributed by atoms with Crippen molar-refractivity contribution in [3.8, 4) is 0 Å². The molecule has 86 valence electrons. The van der Waals surface area contributed by atoms with Gasteiger partial charge in [-0.1, -0.05) is 57.2 Å². The van der Waals surface area contributed by atoms with Gasteiger partial charge in [-0.25, -0.2) is 0 Å². The van der Waals surface area contributed by atoms with Gasteiger partial charge in [0.25, 0.3) is 0 Å². The SMILES string of the molecule is CC1(Cc2ccccc2)C=C(C(C)(C)C)S1. The molecule has 0 spiro atoms. The molecule has 0 N–H and O–H groups in total. The van der Waals surface area contributed by atoms with E-state index in [9.17, 15) is 0 Å². The lowest BCUT2D eigenvalue weighted by Crippen LogP contribution is -2.32. The molecule has 1 aliphatic heterocycles.